The van der Waals surface area contributed by atoms with Crippen molar-refractivity contribution in [1.82, 2.24) is 9.44 Å². The zero-order valence-electron chi connectivity index (χ0n) is 19.2. The minimum absolute atomic E-state index is 0.0384. The molecule has 2 rings (SSSR count). The highest BCUT2D eigenvalue weighted by Crippen LogP contribution is 2.38. The van der Waals surface area contributed by atoms with Gasteiger partial charge in [-0.2, -0.15) is 26.3 Å². The van der Waals surface area contributed by atoms with E-state index in [4.69, 9.17) is 4.74 Å². The molecule has 210 valence electrons. The Bertz CT molecular complexity index is 1470. The van der Waals surface area contributed by atoms with Crippen LogP contribution in [0.25, 0.3) is 0 Å². The van der Waals surface area contributed by atoms with Crippen LogP contribution in [-0.4, -0.2) is 47.0 Å². The molecule has 0 unspecified atom stereocenters. The first kappa shape index (κ1) is 31.0. The van der Waals surface area contributed by atoms with Gasteiger partial charge in [0.05, 0.1) is 27.1 Å². The monoisotopic (exact) mass is 592 g/mol. The number of aromatic carboxylic acids is 1. The number of halogens is 6. The van der Waals surface area contributed by atoms with Gasteiger partial charge in [-0.3, -0.25) is 0 Å². The zero-order valence-corrected chi connectivity index (χ0v) is 20.8. The fourth-order valence-corrected chi connectivity index (χ4v) is 5.60. The van der Waals surface area contributed by atoms with Gasteiger partial charge in [0.25, 0.3) is 0 Å². The maximum Gasteiger partial charge on any atom is 0.416 e. The lowest BCUT2D eigenvalue weighted by Gasteiger charge is -2.18. The van der Waals surface area contributed by atoms with Gasteiger partial charge >= 0.3 is 24.3 Å². The summed E-state index contributed by atoms with van der Waals surface area (Å²) in [6, 6.07) is 0.643. The smallest absolute Gasteiger partial charge is 0.416 e. The number of benzene rings is 2. The Morgan fingerprint density at radius 2 is 1.32 bits per heavy atom. The lowest BCUT2D eigenvalue weighted by atomic mass is 10.1. The lowest BCUT2D eigenvalue weighted by molar-refractivity contribution is -0.138. The van der Waals surface area contributed by atoms with E-state index in [1.54, 1.807) is 0 Å². The summed E-state index contributed by atoms with van der Waals surface area (Å²) in [5.74, 6) is -5.72. The second-order valence-electron chi connectivity index (χ2n) is 7.25. The molecule has 18 heteroatoms. The molecule has 2 aromatic carbocycles. The quantitative estimate of drug-likeness (QED) is 0.228. The van der Waals surface area contributed by atoms with Crippen molar-refractivity contribution in [3.8, 4) is 5.75 Å². The van der Waals surface area contributed by atoms with E-state index in [-0.39, 0.29) is 24.7 Å². The van der Waals surface area contributed by atoms with Gasteiger partial charge in [-0.25, -0.2) is 35.9 Å². The summed E-state index contributed by atoms with van der Waals surface area (Å²) in [4.78, 5) is 22.1. The molecule has 0 heterocycles. The highest BCUT2D eigenvalue weighted by molar-refractivity contribution is 7.90. The van der Waals surface area contributed by atoms with E-state index in [9.17, 15) is 57.9 Å². The fourth-order valence-electron chi connectivity index (χ4n) is 3.06. The first-order valence-corrected chi connectivity index (χ1v) is 13.1. The van der Waals surface area contributed by atoms with Gasteiger partial charge < -0.3 is 9.84 Å². The molecule has 0 aliphatic heterocycles. The van der Waals surface area contributed by atoms with Crippen LogP contribution in [0.4, 0.5) is 26.3 Å². The first-order chi connectivity index (χ1) is 17.3. The van der Waals surface area contributed by atoms with Crippen LogP contribution in [0, 0.1) is 0 Å². The van der Waals surface area contributed by atoms with Gasteiger partial charge in [0, 0.05) is 13.1 Å². The molecule has 0 atom stereocenters. The van der Waals surface area contributed by atoms with Crippen molar-refractivity contribution >= 4 is 32.0 Å². The summed E-state index contributed by atoms with van der Waals surface area (Å²) >= 11 is 0. The maximum absolute atomic E-state index is 13.4. The molecule has 38 heavy (non-hydrogen) atoms. The van der Waals surface area contributed by atoms with E-state index >= 15 is 0 Å². The molecular formula is C20H18F6N2O8S2. The molecule has 0 fully saturated rings. The molecule has 0 aliphatic rings. The Labute approximate surface area is 211 Å². The SMILES string of the molecule is CCNS(=O)(=O)c1ccc(C(F)(F)F)cc1C(=O)Oc1cc(C(F)(F)F)cc(C(=O)O)c1S(=O)(=O)NCC. The van der Waals surface area contributed by atoms with Crippen LogP contribution in [0.5, 0.6) is 5.75 Å². The molecule has 0 spiro atoms. The predicted octanol–water partition coefficient (Wildman–Crippen LogP) is 3.24. The van der Waals surface area contributed by atoms with E-state index in [0.717, 1.165) is 0 Å². The van der Waals surface area contributed by atoms with Crippen LogP contribution in [-0.2, 0) is 32.4 Å². The number of carbonyl (C=O) groups is 2. The molecule has 0 aliphatic carbocycles. The number of carbonyl (C=O) groups excluding carboxylic acids is 1. The number of hydrogen-bond donors (Lipinski definition) is 3. The number of hydrogen-bond acceptors (Lipinski definition) is 7. The van der Waals surface area contributed by atoms with E-state index in [1.807, 2.05) is 9.44 Å². The van der Waals surface area contributed by atoms with Crippen LogP contribution in [0.3, 0.4) is 0 Å². The number of rotatable bonds is 9. The third kappa shape index (κ3) is 6.80. The molecule has 0 aromatic heterocycles. The molecule has 3 N–H and O–H groups in total. The average molecular weight is 592 g/mol. The standard InChI is InChI=1S/C20H18F6N2O8S2/c1-3-27-37(32,33)15-6-5-10(19(21,22)23)7-12(15)18(31)36-14-9-11(20(24,25)26)8-13(17(29)30)16(14)38(34,35)28-4-2/h5-9,27-28H,3-4H2,1-2H3,(H,29,30). The molecule has 10 nitrogen and oxygen atoms in total. The second kappa shape index (κ2) is 10.9. The molecule has 0 bridgehead atoms. The molecular weight excluding hydrogens is 574 g/mol. The molecule has 0 saturated heterocycles. The van der Waals surface area contributed by atoms with Crippen LogP contribution >= 0.6 is 0 Å². The minimum atomic E-state index is -5.29. The van der Waals surface area contributed by atoms with Crippen molar-refractivity contribution in [2.45, 2.75) is 36.0 Å². The van der Waals surface area contributed by atoms with E-state index in [0.29, 0.717) is 12.1 Å². The van der Waals surface area contributed by atoms with Crippen molar-refractivity contribution in [2.75, 3.05) is 13.1 Å². The summed E-state index contributed by atoms with van der Waals surface area (Å²) in [7, 11) is -9.63. The summed E-state index contributed by atoms with van der Waals surface area (Å²) in [5, 5.41) is 9.39. The number of nitrogens with one attached hydrogen (secondary N) is 2. The normalized spacial score (nSPS) is 12.8. The van der Waals surface area contributed by atoms with Gasteiger partial charge in [0.1, 0.15) is 4.90 Å². The Morgan fingerprint density at radius 3 is 1.79 bits per heavy atom. The van der Waals surface area contributed by atoms with Crippen LogP contribution in [0.1, 0.15) is 45.7 Å². The first-order valence-electron chi connectivity index (χ1n) is 10.2. The predicted molar refractivity (Wildman–Crippen MR) is 117 cm³/mol. The summed E-state index contributed by atoms with van der Waals surface area (Å²) in [5.41, 5.74) is -6.12. The van der Waals surface area contributed by atoms with E-state index < -0.39 is 88.7 Å². The van der Waals surface area contributed by atoms with Crippen molar-refractivity contribution in [3.05, 3.63) is 52.6 Å². The maximum atomic E-state index is 13.4. The van der Waals surface area contributed by atoms with Gasteiger partial charge in [0.15, 0.2) is 5.75 Å². The Kier molecular flexibility index (Phi) is 8.87. The summed E-state index contributed by atoms with van der Waals surface area (Å²) in [6.45, 7) is 1.86. The molecule has 2 aromatic rings. The number of carboxylic acids is 1. The lowest BCUT2D eigenvalue weighted by Crippen LogP contribution is -2.28. The van der Waals surface area contributed by atoms with Gasteiger partial charge in [-0.15, -0.1) is 0 Å². The summed E-state index contributed by atoms with van der Waals surface area (Å²) < 4.78 is 139. The highest BCUT2D eigenvalue weighted by Gasteiger charge is 2.38. The third-order valence-corrected chi connectivity index (χ3v) is 7.80. The van der Waals surface area contributed by atoms with Crippen molar-refractivity contribution in [2.24, 2.45) is 0 Å². The highest BCUT2D eigenvalue weighted by atomic mass is 32.2. The van der Waals surface area contributed by atoms with Crippen molar-refractivity contribution in [1.29, 1.82) is 0 Å². The number of ether oxygens (including phenoxy) is 1. The number of alkyl halides is 6. The van der Waals surface area contributed by atoms with Crippen molar-refractivity contribution in [3.63, 3.8) is 0 Å². The van der Waals surface area contributed by atoms with Gasteiger partial charge in [0.2, 0.25) is 20.0 Å². The third-order valence-electron chi connectivity index (χ3n) is 4.57. The van der Waals surface area contributed by atoms with Crippen LogP contribution in [0.2, 0.25) is 0 Å². The van der Waals surface area contributed by atoms with Crippen LogP contribution < -0.4 is 14.2 Å². The number of sulfonamides is 2. The second-order valence-corrected chi connectivity index (χ2v) is 10.7. The van der Waals surface area contributed by atoms with Gasteiger partial charge in [-0.1, -0.05) is 13.8 Å². The van der Waals surface area contributed by atoms with E-state index in [2.05, 4.69) is 0 Å². The van der Waals surface area contributed by atoms with Crippen LogP contribution in [0.15, 0.2) is 40.1 Å². The summed E-state index contributed by atoms with van der Waals surface area (Å²) in [6.07, 6.45) is -10.4. The Hall–Kier alpha value is -3.22. The molecule has 0 saturated carbocycles. The largest absolute Gasteiger partial charge is 0.478 e. The molecule has 0 amide bonds. The minimum Gasteiger partial charge on any atom is -0.478 e. The molecule has 0 radical (unpaired) electrons. The van der Waals surface area contributed by atoms with E-state index in [1.165, 1.54) is 13.8 Å². The fraction of sp³-hybridized carbons (Fsp3) is 0.300. The van der Waals surface area contributed by atoms with Gasteiger partial charge in [-0.05, 0) is 30.3 Å². The Balaban J connectivity index is 2.90. The number of carboxylic acid groups (broad SMARTS) is 1. The zero-order chi connectivity index (χ0) is 29.3. The van der Waals surface area contributed by atoms with Crippen molar-refractivity contribution < 1.29 is 62.6 Å². The Morgan fingerprint density at radius 1 is 0.816 bits per heavy atom. The topological polar surface area (TPSA) is 156 Å². The average Bonchev–Trinajstić information content (AvgIpc) is 2.76. The number of esters is 1.